The molecule has 1 aromatic rings. The lowest BCUT2D eigenvalue weighted by molar-refractivity contribution is 0.0607. The predicted molar refractivity (Wildman–Crippen MR) is 81.8 cm³/mol. The number of amides is 1. The third-order valence-electron chi connectivity index (χ3n) is 4.48. The van der Waals surface area contributed by atoms with Crippen molar-refractivity contribution in [1.82, 2.24) is 10.2 Å². The highest BCUT2D eigenvalue weighted by Gasteiger charge is 2.38. The van der Waals surface area contributed by atoms with E-state index in [2.05, 4.69) is 21.2 Å². The molecular weight excluding hydrogens is 324 g/mol. The number of carbonyl (C=O) groups excluding carboxylic acids is 1. The van der Waals surface area contributed by atoms with E-state index in [-0.39, 0.29) is 5.91 Å². The summed E-state index contributed by atoms with van der Waals surface area (Å²) in [6.07, 6.45) is 3.56. The van der Waals surface area contributed by atoms with Crippen molar-refractivity contribution in [2.75, 3.05) is 26.2 Å². The Bertz CT molecular complexity index is 484. The molecule has 0 aromatic carbocycles. The van der Waals surface area contributed by atoms with Crippen LogP contribution < -0.4 is 5.32 Å². The topological polar surface area (TPSA) is 32.3 Å². The number of thiophene rings is 1. The van der Waals surface area contributed by atoms with Gasteiger partial charge < -0.3 is 10.2 Å². The number of nitrogens with one attached hydrogen (secondary N) is 1. The maximum absolute atomic E-state index is 12.5. The van der Waals surface area contributed by atoms with Crippen molar-refractivity contribution in [2.45, 2.75) is 26.2 Å². The molecule has 0 saturated carbocycles. The van der Waals surface area contributed by atoms with E-state index in [1.165, 1.54) is 11.3 Å². The Kier molecular flexibility index (Phi) is 3.71. The lowest BCUT2D eigenvalue weighted by atomic mass is 9.78. The highest BCUT2D eigenvalue weighted by molar-refractivity contribution is 9.11. The lowest BCUT2D eigenvalue weighted by Gasteiger charge is -2.38. The fraction of sp³-hybridized carbons (Fsp3) is 0.643. The van der Waals surface area contributed by atoms with Crippen molar-refractivity contribution < 1.29 is 4.79 Å². The van der Waals surface area contributed by atoms with E-state index in [1.807, 2.05) is 17.9 Å². The monoisotopic (exact) mass is 342 g/mol. The first-order valence-corrected chi connectivity index (χ1v) is 8.47. The molecule has 1 spiro atoms. The van der Waals surface area contributed by atoms with E-state index in [0.29, 0.717) is 5.41 Å². The first-order chi connectivity index (χ1) is 9.10. The van der Waals surface area contributed by atoms with Crippen LogP contribution in [0.1, 0.15) is 34.5 Å². The molecule has 2 aliphatic rings. The standard InChI is InChI=1S/C14H19BrN2OS/c1-10-8-11(12(15)19-10)13(18)17-6-3-14(4-7-17)2-5-16-9-14/h8,16H,2-7,9H2,1H3. The molecule has 2 fully saturated rings. The summed E-state index contributed by atoms with van der Waals surface area (Å²) in [5.41, 5.74) is 1.31. The van der Waals surface area contributed by atoms with Gasteiger partial charge >= 0.3 is 0 Å². The molecule has 104 valence electrons. The second-order valence-corrected chi connectivity index (χ2v) is 8.34. The third-order valence-corrected chi connectivity index (χ3v) is 6.24. The SMILES string of the molecule is Cc1cc(C(=O)N2CCC3(CCNC3)CC2)c(Br)s1. The van der Waals surface area contributed by atoms with Gasteiger partial charge in [0.15, 0.2) is 0 Å². The molecule has 0 atom stereocenters. The van der Waals surface area contributed by atoms with E-state index in [9.17, 15) is 4.79 Å². The van der Waals surface area contributed by atoms with E-state index >= 15 is 0 Å². The molecule has 2 saturated heterocycles. The molecule has 3 rings (SSSR count). The minimum absolute atomic E-state index is 0.192. The predicted octanol–water partition coefficient (Wildman–Crippen LogP) is 3.03. The van der Waals surface area contributed by atoms with Gasteiger partial charge in [0, 0.05) is 24.5 Å². The van der Waals surface area contributed by atoms with Crippen LogP contribution >= 0.6 is 27.3 Å². The Morgan fingerprint density at radius 1 is 1.42 bits per heavy atom. The van der Waals surface area contributed by atoms with E-state index in [1.54, 1.807) is 11.3 Å². The Hall–Kier alpha value is -0.390. The number of piperidine rings is 1. The van der Waals surface area contributed by atoms with Crippen LogP contribution in [0, 0.1) is 12.3 Å². The second-order valence-electron chi connectivity index (χ2n) is 5.76. The van der Waals surface area contributed by atoms with Gasteiger partial charge in [-0.05, 0) is 60.1 Å². The average Bonchev–Trinajstić information content (AvgIpc) is 2.97. The molecule has 1 aromatic heterocycles. The molecule has 2 aliphatic heterocycles. The highest BCUT2D eigenvalue weighted by Crippen LogP contribution is 2.38. The molecule has 19 heavy (non-hydrogen) atoms. The fourth-order valence-electron chi connectivity index (χ4n) is 3.21. The van der Waals surface area contributed by atoms with Gasteiger partial charge in [-0.2, -0.15) is 0 Å². The van der Waals surface area contributed by atoms with Gasteiger partial charge in [0.25, 0.3) is 5.91 Å². The third kappa shape index (κ3) is 2.60. The number of rotatable bonds is 1. The van der Waals surface area contributed by atoms with Crippen molar-refractivity contribution in [1.29, 1.82) is 0 Å². The molecule has 0 unspecified atom stereocenters. The zero-order valence-electron chi connectivity index (χ0n) is 11.2. The smallest absolute Gasteiger partial charge is 0.255 e. The van der Waals surface area contributed by atoms with Crippen molar-refractivity contribution in [3.05, 3.63) is 20.3 Å². The number of nitrogens with zero attached hydrogens (tertiary/aromatic N) is 1. The van der Waals surface area contributed by atoms with Gasteiger partial charge in [0.2, 0.25) is 0 Å². The summed E-state index contributed by atoms with van der Waals surface area (Å²) >= 11 is 5.14. The number of halogens is 1. The Labute approximate surface area is 126 Å². The van der Waals surface area contributed by atoms with Crippen LogP contribution in [0.2, 0.25) is 0 Å². The van der Waals surface area contributed by atoms with Gasteiger partial charge in [-0.3, -0.25) is 4.79 Å². The summed E-state index contributed by atoms with van der Waals surface area (Å²) in [6.45, 7) is 6.13. The highest BCUT2D eigenvalue weighted by atomic mass is 79.9. The zero-order valence-corrected chi connectivity index (χ0v) is 13.6. The summed E-state index contributed by atoms with van der Waals surface area (Å²) in [7, 11) is 0. The lowest BCUT2D eigenvalue weighted by Crippen LogP contribution is -2.44. The van der Waals surface area contributed by atoms with Gasteiger partial charge in [0.1, 0.15) is 0 Å². The van der Waals surface area contributed by atoms with Crippen molar-refractivity contribution in [2.24, 2.45) is 5.41 Å². The Morgan fingerprint density at radius 2 is 2.16 bits per heavy atom. The number of likely N-dealkylation sites (tertiary alicyclic amines) is 1. The second kappa shape index (κ2) is 5.19. The summed E-state index contributed by atoms with van der Waals surface area (Å²) in [5.74, 6) is 0.192. The molecule has 1 amide bonds. The molecule has 3 nitrogen and oxygen atoms in total. The van der Waals surface area contributed by atoms with Crippen LogP contribution in [0.3, 0.4) is 0 Å². The van der Waals surface area contributed by atoms with Crippen molar-refractivity contribution in [3.8, 4) is 0 Å². The molecule has 0 bridgehead atoms. The minimum Gasteiger partial charge on any atom is -0.339 e. The first-order valence-electron chi connectivity index (χ1n) is 6.86. The quantitative estimate of drug-likeness (QED) is 0.850. The van der Waals surface area contributed by atoms with Crippen LogP contribution in [0.25, 0.3) is 0 Å². The van der Waals surface area contributed by atoms with Crippen LogP contribution in [-0.2, 0) is 0 Å². The average molecular weight is 343 g/mol. The van der Waals surface area contributed by atoms with E-state index in [4.69, 9.17) is 0 Å². The molecule has 1 N–H and O–H groups in total. The summed E-state index contributed by atoms with van der Waals surface area (Å²) < 4.78 is 0.970. The van der Waals surface area contributed by atoms with E-state index < -0.39 is 0 Å². The molecule has 3 heterocycles. The minimum atomic E-state index is 0.192. The largest absolute Gasteiger partial charge is 0.339 e. The van der Waals surface area contributed by atoms with E-state index in [0.717, 1.165) is 48.4 Å². The van der Waals surface area contributed by atoms with Gasteiger partial charge in [0.05, 0.1) is 9.35 Å². The van der Waals surface area contributed by atoms with Gasteiger partial charge in [-0.1, -0.05) is 0 Å². The van der Waals surface area contributed by atoms with Crippen molar-refractivity contribution in [3.63, 3.8) is 0 Å². The number of hydrogen-bond donors (Lipinski definition) is 1. The molecule has 0 aliphatic carbocycles. The normalized spacial score (nSPS) is 22.1. The Morgan fingerprint density at radius 3 is 2.68 bits per heavy atom. The summed E-state index contributed by atoms with van der Waals surface area (Å²) in [4.78, 5) is 15.7. The number of carbonyl (C=O) groups is 1. The van der Waals surface area contributed by atoms with Crippen LogP contribution in [-0.4, -0.2) is 37.0 Å². The number of hydrogen-bond acceptors (Lipinski definition) is 3. The van der Waals surface area contributed by atoms with Crippen molar-refractivity contribution >= 4 is 33.2 Å². The maximum Gasteiger partial charge on any atom is 0.255 e. The Balaban J connectivity index is 1.68. The summed E-state index contributed by atoms with van der Waals surface area (Å²) in [5, 5.41) is 3.46. The van der Waals surface area contributed by atoms with Gasteiger partial charge in [-0.15, -0.1) is 11.3 Å². The molecular formula is C14H19BrN2OS. The zero-order chi connectivity index (χ0) is 13.5. The van der Waals surface area contributed by atoms with Crippen LogP contribution in [0.15, 0.2) is 9.85 Å². The fourth-order valence-corrected chi connectivity index (χ4v) is 4.97. The van der Waals surface area contributed by atoms with Gasteiger partial charge in [-0.25, -0.2) is 0 Å². The first kappa shape index (κ1) is 13.6. The summed E-state index contributed by atoms with van der Waals surface area (Å²) in [6, 6.07) is 2.00. The molecule has 0 radical (unpaired) electrons. The van der Waals surface area contributed by atoms with Crippen LogP contribution in [0.4, 0.5) is 0 Å². The maximum atomic E-state index is 12.5. The van der Waals surface area contributed by atoms with Crippen LogP contribution in [0.5, 0.6) is 0 Å². The number of aryl methyl sites for hydroxylation is 1. The molecule has 5 heteroatoms.